The highest BCUT2D eigenvalue weighted by molar-refractivity contribution is 7.92. The molecule has 11 heteroatoms. The van der Waals surface area contributed by atoms with E-state index in [1.807, 2.05) is 30.3 Å². The lowest BCUT2D eigenvalue weighted by atomic mass is 10.0. The van der Waals surface area contributed by atoms with E-state index in [0.29, 0.717) is 30.2 Å². The summed E-state index contributed by atoms with van der Waals surface area (Å²) < 4.78 is 30.8. The number of hydrogen-bond donors (Lipinski definition) is 5. The summed E-state index contributed by atoms with van der Waals surface area (Å²) in [7, 11) is 0.0298. The average molecular weight is 530 g/mol. The van der Waals surface area contributed by atoms with Gasteiger partial charge >= 0.3 is 5.97 Å². The van der Waals surface area contributed by atoms with Gasteiger partial charge in [-0.1, -0.05) is 24.3 Å². The number of carbonyl (C=O) groups is 1. The number of aliphatic hydroxyl groups is 1. The van der Waals surface area contributed by atoms with Crippen LogP contribution in [0.25, 0.3) is 11.1 Å². The third-order valence-corrected chi connectivity index (χ3v) is 6.07. The van der Waals surface area contributed by atoms with Crippen molar-refractivity contribution in [3.63, 3.8) is 0 Å². The summed E-state index contributed by atoms with van der Waals surface area (Å²) in [6, 6.07) is 16.9. The van der Waals surface area contributed by atoms with Crippen molar-refractivity contribution >= 4 is 27.4 Å². The topological polar surface area (TPSA) is 148 Å². The Balaban J connectivity index is 1.50. The number of nitrogens with zero attached hydrogens (tertiary/aromatic N) is 1. The van der Waals surface area contributed by atoms with E-state index in [-0.39, 0.29) is 23.5 Å². The molecule has 0 aromatic heterocycles. The Labute approximate surface area is 216 Å². The van der Waals surface area contributed by atoms with Crippen LogP contribution in [0.3, 0.4) is 0 Å². The molecule has 0 radical (unpaired) electrons. The van der Waals surface area contributed by atoms with Crippen LogP contribution in [0.4, 0.5) is 11.4 Å². The monoisotopic (exact) mass is 529 g/mol. The predicted molar refractivity (Wildman–Crippen MR) is 143 cm³/mol. The van der Waals surface area contributed by atoms with Crippen molar-refractivity contribution < 1.29 is 33.3 Å². The van der Waals surface area contributed by atoms with Gasteiger partial charge in [0.05, 0.1) is 29.3 Å². The first-order valence-corrected chi connectivity index (χ1v) is 13.3. The number of carboxylic acid groups (broad SMARTS) is 1. The molecule has 5 N–H and O–H groups in total. The molecule has 0 bridgehead atoms. The third kappa shape index (κ3) is 7.84. The van der Waals surface area contributed by atoms with Crippen LogP contribution < -0.4 is 19.7 Å². The van der Waals surface area contributed by atoms with Gasteiger partial charge in [0, 0.05) is 27.2 Å². The van der Waals surface area contributed by atoms with Crippen molar-refractivity contribution in [1.82, 2.24) is 5.32 Å². The predicted octanol–water partition coefficient (Wildman–Crippen LogP) is 2.90. The third-order valence-electron chi connectivity index (χ3n) is 5.48. The number of aromatic hydroxyl groups is 1. The Morgan fingerprint density at radius 3 is 2.32 bits per heavy atom. The smallest absolute Gasteiger partial charge is 0.337 e. The van der Waals surface area contributed by atoms with E-state index in [2.05, 4.69) is 10.0 Å². The fraction of sp³-hybridized carbons (Fsp3) is 0.269. The zero-order valence-electron chi connectivity index (χ0n) is 20.8. The second-order valence-electron chi connectivity index (χ2n) is 8.68. The lowest BCUT2D eigenvalue weighted by Gasteiger charge is -2.17. The van der Waals surface area contributed by atoms with Crippen molar-refractivity contribution in [2.45, 2.75) is 6.10 Å². The molecule has 198 valence electrons. The molecule has 10 nitrogen and oxygen atoms in total. The molecule has 0 heterocycles. The van der Waals surface area contributed by atoms with Crippen LogP contribution in [0.15, 0.2) is 60.7 Å². The Morgan fingerprint density at radius 1 is 1.03 bits per heavy atom. The molecule has 0 saturated carbocycles. The first kappa shape index (κ1) is 27.8. The summed E-state index contributed by atoms with van der Waals surface area (Å²) in [5.41, 5.74) is 3.12. The SMILES string of the molecule is CN(C)c1cc(-c2ccc(OCCNC[C@@H](O)c3ccc(O)c(NS(C)(=O)=O)c3)cc2)ccc1C(=O)O. The molecule has 1 atom stereocenters. The summed E-state index contributed by atoms with van der Waals surface area (Å²) in [6.45, 7) is 1.00. The van der Waals surface area contributed by atoms with Gasteiger partial charge in [-0.05, 0) is 53.1 Å². The van der Waals surface area contributed by atoms with Gasteiger partial charge in [-0.25, -0.2) is 13.2 Å². The van der Waals surface area contributed by atoms with Gasteiger partial charge in [0.1, 0.15) is 18.1 Å². The molecule has 0 aliphatic rings. The zero-order chi connectivity index (χ0) is 27.2. The number of ether oxygens (including phenoxy) is 1. The maximum absolute atomic E-state index is 11.5. The Bertz CT molecular complexity index is 1340. The van der Waals surface area contributed by atoms with Crippen LogP contribution in [0.5, 0.6) is 11.5 Å². The van der Waals surface area contributed by atoms with Gasteiger partial charge in [0.15, 0.2) is 0 Å². The number of benzene rings is 3. The zero-order valence-corrected chi connectivity index (χ0v) is 21.6. The van der Waals surface area contributed by atoms with Crippen LogP contribution in [-0.4, -0.2) is 69.8 Å². The lowest BCUT2D eigenvalue weighted by molar-refractivity contribution is 0.0697. The van der Waals surface area contributed by atoms with Gasteiger partial charge in [0.25, 0.3) is 0 Å². The minimum absolute atomic E-state index is 0.00148. The second kappa shape index (κ2) is 12.0. The number of aromatic carboxylic acids is 1. The summed E-state index contributed by atoms with van der Waals surface area (Å²) in [4.78, 5) is 13.2. The summed E-state index contributed by atoms with van der Waals surface area (Å²) in [6.07, 6.45) is 0.0592. The molecule has 3 aromatic rings. The highest BCUT2D eigenvalue weighted by Gasteiger charge is 2.14. The lowest BCUT2D eigenvalue weighted by Crippen LogP contribution is -2.26. The molecular weight excluding hydrogens is 498 g/mol. The maximum atomic E-state index is 11.5. The van der Waals surface area contributed by atoms with Gasteiger partial charge in [-0.15, -0.1) is 0 Å². The van der Waals surface area contributed by atoms with E-state index >= 15 is 0 Å². The van der Waals surface area contributed by atoms with Gasteiger partial charge in [-0.2, -0.15) is 0 Å². The number of hydrogen-bond acceptors (Lipinski definition) is 8. The number of phenols is 1. The number of nitrogens with one attached hydrogen (secondary N) is 2. The summed E-state index contributed by atoms with van der Waals surface area (Å²) in [5.74, 6) is -0.544. The second-order valence-corrected chi connectivity index (χ2v) is 10.4. The standard InChI is InChI=1S/C26H31N3O7S/c1-29(2)23-15-18(6-10-21(23)26(32)33)17-4-8-20(9-5-17)36-13-12-27-16-25(31)19-7-11-24(30)22(14-19)28-37(3,34)35/h4-11,14-15,25,27-28,30-31H,12-13,16H2,1-3H3,(H,32,33)/t25-/m1/s1. The van der Waals surface area contributed by atoms with Gasteiger partial charge in [-0.3, -0.25) is 4.72 Å². The highest BCUT2D eigenvalue weighted by Crippen LogP contribution is 2.29. The number of phenolic OH excluding ortho intramolecular Hbond substituents is 1. The summed E-state index contributed by atoms with van der Waals surface area (Å²) in [5, 5.41) is 32.7. The fourth-order valence-electron chi connectivity index (χ4n) is 3.65. The molecule has 0 aliphatic heterocycles. The van der Waals surface area contributed by atoms with E-state index in [1.54, 1.807) is 31.1 Å². The molecule has 0 fully saturated rings. The van der Waals surface area contributed by atoms with Crippen molar-refractivity contribution in [2.24, 2.45) is 0 Å². The summed E-state index contributed by atoms with van der Waals surface area (Å²) >= 11 is 0. The maximum Gasteiger partial charge on any atom is 0.337 e. The molecule has 0 aliphatic carbocycles. The Morgan fingerprint density at radius 2 is 1.70 bits per heavy atom. The van der Waals surface area contributed by atoms with Crippen molar-refractivity contribution in [1.29, 1.82) is 0 Å². The van der Waals surface area contributed by atoms with E-state index in [9.17, 15) is 28.5 Å². The largest absolute Gasteiger partial charge is 0.506 e. The highest BCUT2D eigenvalue weighted by atomic mass is 32.2. The van der Waals surface area contributed by atoms with Crippen LogP contribution in [0, 0.1) is 0 Å². The normalized spacial score (nSPS) is 12.1. The number of rotatable bonds is 12. The first-order valence-electron chi connectivity index (χ1n) is 11.4. The Hall–Kier alpha value is -3.80. The van der Waals surface area contributed by atoms with E-state index < -0.39 is 22.1 Å². The quantitative estimate of drug-likeness (QED) is 0.176. The van der Waals surface area contributed by atoms with Crippen LogP contribution in [0.2, 0.25) is 0 Å². The average Bonchev–Trinajstić information content (AvgIpc) is 2.84. The van der Waals surface area contributed by atoms with Crippen molar-refractivity contribution in [3.8, 4) is 22.6 Å². The van der Waals surface area contributed by atoms with Crippen LogP contribution in [-0.2, 0) is 10.0 Å². The molecule has 37 heavy (non-hydrogen) atoms. The van der Waals surface area contributed by atoms with E-state index in [1.165, 1.54) is 18.2 Å². The van der Waals surface area contributed by atoms with Crippen molar-refractivity contribution in [2.75, 3.05) is 49.7 Å². The minimum Gasteiger partial charge on any atom is -0.506 e. The molecule has 0 amide bonds. The van der Waals surface area contributed by atoms with Crippen LogP contribution in [0.1, 0.15) is 22.0 Å². The molecule has 0 unspecified atom stereocenters. The van der Waals surface area contributed by atoms with Gasteiger partial charge < -0.3 is 30.3 Å². The number of carboxylic acids is 1. The van der Waals surface area contributed by atoms with Gasteiger partial charge in [0.2, 0.25) is 10.0 Å². The molecule has 0 saturated heterocycles. The number of anilines is 2. The first-order chi connectivity index (χ1) is 17.4. The number of aliphatic hydroxyl groups excluding tert-OH is 1. The molecule has 3 aromatic carbocycles. The molecule has 3 rings (SSSR count). The van der Waals surface area contributed by atoms with Crippen LogP contribution >= 0.6 is 0 Å². The van der Waals surface area contributed by atoms with Crippen molar-refractivity contribution in [3.05, 3.63) is 71.8 Å². The van der Waals surface area contributed by atoms with E-state index in [0.717, 1.165) is 17.4 Å². The molecule has 0 spiro atoms. The Kier molecular flexibility index (Phi) is 8.98. The number of sulfonamides is 1. The minimum atomic E-state index is -3.57. The molecular formula is C26H31N3O7S. The van der Waals surface area contributed by atoms with E-state index in [4.69, 9.17) is 4.74 Å². The fourth-order valence-corrected chi connectivity index (χ4v) is 4.21.